The van der Waals surface area contributed by atoms with Gasteiger partial charge in [-0.05, 0) is 30.3 Å². The molecule has 0 unspecified atom stereocenters. The van der Waals surface area contributed by atoms with Gasteiger partial charge in [0.25, 0.3) is 0 Å². The smallest absolute Gasteiger partial charge is 0.149 e. The Morgan fingerprint density at radius 3 is 2.95 bits per heavy atom. The van der Waals surface area contributed by atoms with Crippen LogP contribution in [0.4, 0.5) is 15.9 Å². The van der Waals surface area contributed by atoms with Gasteiger partial charge in [0, 0.05) is 11.1 Å². The average molecular weight is 296 g/mol. The summed E-state index contributed by atoms with van der Waals surface area (Å²) in [5, 5.41) is 3.85. The maximum absolute atomic E-state index is 13.7. The molecule has 102 valence electrons. The Balaban J connectivity index is 1.81. The lowest BCUT2D eigenvalue weighted by molar-refractivity contribution is 0.636. The maximum Gasteiger partial charge on any atom is 0.149 e. The van der Waals surface area contributed by atoms with E-state index in [1.165, 1.54) is 12.4 Å². The second kappa shape index (κ2) is 4.75. The lowest BCUT2D eigenvalue weighted by Gasteiger charge is -2.08. The van der Waals surface area contributed by atoms with E-state index < -0.39 is 0 Å². The first-order valence-corrected chi connectivity index (χ1v) is 7.19. The number of para-hydroxylation sites is 1. The van der Waals surface area contributed by atoms with Crippen molar-refractivity contribution in [1.82, 2.24) is 15.0 Å². The number of rotatable bonds is 2. The van der Waals surface area contributed by atoms with Gasteiger partial charge in [0.15, 0.2) is 0 Å². The number of benzene rings is 2. The van der Waals surface area contributed by atoms with E-state index in [0.29, 0.717) is 16.7 Å². The molecule has 2 aromatic heterocycles. The number of halogens is 1. The summed E-state index contributed by atoms with van der Waals surface area (Å²) in [7, 11) is 0. The predicted molar refractivity (Wildman–Crippen MR) is 82.4 cm³/mol. The molecule has 0 aliphatic rings. The van der Waals surface area contributed by atoms with Crippen molar-refractivity contribution in [2.45, 2.75) is 0 Å². The van der Waals surface area contributed by atoms with Crippen LogP contribution in [-0.2, 0) is 0 Å². The molecule has 0 amide bonds. The highest BCUT2D eigenvalue weighted by atomic mass is 32.1. The van der Waals surface area contributed by atoms with Crippen LogP contribution in [-0.4, -0.2) is 15.0 Å². The molecule has 21 heavy (non-hydrogen) atoms. The molecular formula is C15H9FN4S. The van der Waals surface area contributed by atoms with Crippen molar-refractivity contribution in [3.05, 3.63) is 54.1 Å². The molecule has 0 saturated carbocycles. The first kappa shape index (κ1) is 12.2. The molecule has 0 fully saturated rings. The third-order valence-electron chi connectivity index (χ3n) is 3.21. The average Bonchev–Trinajstić information content (AvgIpc) is 2.96. The quantitative estimate of drug-likeness (QED) is 0.604. The number of aromatic nitrogens is 3. The molecule has 0 aliphatic heterocycles. The van der Waals surface area contributed by atoms with Crippen molar-refractivity contribution in [3.63, 3.8) is 0 Å². The molecule has 0 radical (unpaired) electrons. The first-order valence-electron chi connectivity index (χ1n) is 6.31. The van der Waals surface area contributed by atoms with E-state index in [1.54, 1.807) is 23.5 Å². The van der Waals surface area contributed by atoms with Gasteiger partial charge >= 0.3 is 0 Å². The summed E-state index contributed by atoms with van der Waals surface area (Å²) in [5.74, 6) is 0.224. The SMILES string of the molecule is Fc1cccc2c(Nc3ccc4scnc4c3)ncnc12. The normalized spacial score (nSPS) is 11.1. The fraction of sp³-hybridized carbons (Fsp3) is 0. The van der Waals surface area contributed by atoms with E-state index in [2.05, 4.69) is 20.3 Å². The molecule has 0 atom stereocenters. The summed E-state index contributed by atoms with van der Waals surface area (Å²) >= 11 is 1.59. The van der Waals surface area contributed by atoms with Crippen molar-refractivity contribution >= 4 is 44.0 Å². The standard InChI is InChI=1S/C15H9FN4S/c16-11-3-1-2-10-14(11)17-7-18-15(10)20-9-4-5-13-12(6-9)19-8-21-13/h1-8H,(H,17,18,20). The van der Waals surface area contributed by atoms with Crippen LogP contribution in [0, 0.1) is 5.82 Å². The minimum Gasteiger partial charge on any atom is -0.340 e. The molecule has 2 heterocycles. The highest BCUT2D eigenvalue weighted by Gasteiger charge is 2.08. The molecule has 4 nitrogen and oxygen atoms in total. The van der Waals surface area contributed by atoms with E-state index in [1.807, 2.05) is 23.7 Å². The number of nitrogens with zero attached hydrogens (tertiary/aromatic N) is 3. The topological polar surface area (TPSA) is 50.7 Å². The molecule has 4 aromatic rings. The number of fused-ring (bicyclic) bond motifs is 2. The Bertz CT molecular complexity index is 951. The van der Waals surface area contributed by atoms with Gasteiger partial charge in [0.1, 0.15) is 23.5 Å². The molecule has 2 aromatic carbocycles. The largest absolute Gasteiger partial charge is 0.340 e. The molecule has 4 rings (SSSR count). The second-order valence-corrected chi connectivity index (χ2v) is 5.40. The number of hydrogen-bond donors (Lipinski definition) is 1. The molecule has 0 aliphatic carbocycles. The van der Waals surface area contributed by atoms with E-state index in [4.69, 9.17) is 0 Å². The van der Waals surface area contributed by atoms with Gasteiger partial charge in [-0.15, -0.1) is 11.3 Å². The summed E-state index contributed by atoms with van der Waals surface area (Å²) in [4.78, 5) is 12.5. The minimum absolute atomic E-state index is 0.310. The van der Waals surface area contributed by atoms with Crippen LogP contribution < -0.4 is 5.32 Å². The van der Waals surface area contributed by atoms with Crippen LogP contribution in [0.15, 0.2) is 48.2 Å². The monoisotopic (exact) mass is 296 g/mol. The summed E-state index contributed by atoms with van der Waals surface area (Å²) in [6.07, 6.45) is 1.36. The van der Waals surface area contributed by atoms with Crippen molar-refractivity contribution in [1.29, 1.82) is 0 Å². The Morgan fingerprint density at radius 2 is 2.00 bits per heavy atom. The number of anilines is 2. The van der Waals surface area contributed by atoms with Gasteiger partial charge in [0.05, 0.1) is 15.7 Å². The minimum atomic E-state index is -0.354. The van der Waals surface area contributed by atoms with Crippen molar-refractivity contribution in [2.24, 2.45) is 0 Å². The van der Waals surface area contributed by atoms with Crippen LogP contribution in [0.1, 0.15) is 0 Å². The number of thiazole rings is 1. The molecule has 0 saturated heterocycles. The third kappa shape index (κ3) is 2.09. The van der Waals surface area contributed by atoms with Gasteiger partial charge < -0.3 is 5.32 Å². The fourth-order valence-electron chi connectivity index (χ4n) is 2.22. The van der Waals surface area contributed by atoms with Crippen LogP contribution in [0.3, 0.4) is 0 Å². The van der Waals surface area contributed by atoms with E-state index in [-0.39, 0.29) is 5.82 Å². The molecule has 0 bridgehead atoms. The van der Waals surface area contributed by atoms with Crippen LogP contribution in [0.25, 0.3) is 21.1 Å². The third-order valence-corrected chi connectivity index (χ3v) is 4.02. The van der Waals surface area contributed by atoms with E-state index in [0.717, 1.165) is 15.9 Å². The zero-order chi connectivity index (χ0) is 14.2. The molecular weight excluding hydrogens is 287 g/mol. The predicted octanol–water partition coefficient (Wildman–Crippen LogP) is 4.12. The van der Waals surface area contributed by atoms with Crippen molar-refractivity contribution < 1.29 is 4.39 Å². The van der Waals surface area contributed by atoms with Gasteiger partial charge in [-0.25, -0.2) is 19.3 Å². The zero-order valence-corrected chi connectivity index (χ0v) is 11.6. The van der Waals surface area contributed by atoms with Crippen LogP contribution in [0.2, 0.25) is 0 Å². The highest BCUT2D eigenvalue weighted by Crippen LogP contribution is 2.27. The fourth-order valence-corrected chi connectivity index (χ4v) is 2.88. The lowest BCUT2D eigenvalue weighted by atomic mass is 10.2. The summed E-state index contributed by atoms with van der Waals surface area (Å²) in [5.41, 5.74) is 3.90. The summed E-state index contributed by atoms with van der Waals surface area (Å²) in [6.45, 7) is 0. The van der Waals surface area contributed by atoms with Crippen molar-refractivity contribution in [3.8, 4) is 0 Å². The second-order valence-electron chi connectivity index (χ2n) is 4.52. The van der Waals surface area contributed by atoms with Gasteiger partial charge in [-0.1, -0.05) is 6.07 Å². The van der Waals surface area contributed by atoms with Gasteiger partial charge in [0.2, 0.25) is 0 Å². The van der Waals surface area contributed by atoms with E-state index >= 15 is 0 Å². The lowest BCUT2D eigenvalue weighted by Crippen LogP contribution is -1.97. The Kier molecular flexibility index (Phi) is 2.75. The van der Waals surface area contributed by atoms with Crippen molar-refractivity contribution in [2.75, 3.05) is 5.32 Å². The Morgan fingerprint density at radius 1 is 1.05 bits per heavy atom. The zero-order valence-electron chi connectivity index (χ0n) is 10.7. The Hall–Kier alpha value is -2.60. The Labute approximate surface area is 123 Å². The number of nitrogens with one attached hydrogen (secondary N) is 1. The molecule has 0 spiro atoms. The summed E-state index contributed by atoms with van der Waals surface area (Å²) < 4.78 is 14.9. The van der Waals surface area contributed by atoms with Crippen LogP contribution >= 0.6 is 11.3 Å². The van der Waals surface area contributed by atoms with Gasteiger partial charge in [-0.3, -0.25) is 0 Å². The molecule has 6 heteroatoms. The first-order chi connectivity index (χ1) is 10.3. The maximum atomic E-state index is 13.7. The van der Waals surface area contributed by atoms with E-state index in [9.17, 15) is 4.39 Å². The van der Waals surface area contributed by atoms with Crippen LogP contribution in [0.5, 0.6) is 0 Å². The summed E-state index contributed by atoms with van der Waals surface area (Å²) in [6, 6.07) is 10.7. The highest BCUT2D eigenvalue weighted by molar-refractivity contribution is 7.16. The van der Waals surface area contributed by atoms with Gasteiger partial charge in [-0.2, -0.15) is 0 Å². The molecule has 1 N–H and O–H groups in total. The number of hydrogen-bond acceptors (Lipinski definition) is 5.